The van der Waals surface area contributed by atoms with Crippen molar-refractivity contribution in [3.05, 3.63) is 63.9 Å². The minimum absolute atomic E-state index is 0.0681. The van der Waals surface area contributed by atoms with E-state index in [2.05, 4.69) is 4.98 Å². The van der Waals surface area contributed by atoms with Crippen LogP contribution in [0.4, 0.5) is 26.3 Å². The third-order valence-electron chi connectivity index (χ3n) is 3.15. The van der Waals surface area contributed by atoms with Crippen molar-refractivity contribution in [3.8, 4) is 6.07 Å². The molecule has 2 aromatic rings. The zero-order valence-corrected chi connectivity index (χ0v) is 12.3. The van der Waals surface area contributed by atoms with Crippen LogP contribution in [0, 0.1) is 11.3 Å². The van der Waals surface area contributed by atoms with Crippen molar-refractivity contribution in [2.24, 2.45) is 0 Å². The Morgan fingerprint density at radius 3 is 2.12 bits per heavy atom. The molecule has 1 aromatic carbocycles. The normalized spacial score (nSPS) is 13.4. The van der Waals surface area contributed by atoms with Gasteiger partial charge < -0.3 is 0 Å². The molecule has 9 heteroatoms. The summed E-state index contributed by atoms with van der Waals surface area (Å²) in [7, 11) is 0. The van der Waals surface area contributed by atoms with Crippen LogP contribution in [0.1, 0.15) is 28.3 Å². The zero-order valence-electron chi connectivity index (χ0n) is 11.6. The fourth-order valence-electron chi connectivity index (χ4n) is 2.00. The fourth-order valence-corrected chi connectivity index (χ4v) is 2.28. The number of benzene rings is 1. The van der Waals surface area contributed by atoms with Crippen molar-refractivity contribution in [2.45, 2.75) is 18.3 Å². The molecule has 0 aliphatic rings. The van der Waals surface area contributed by atoms with E-state index >= 15 is 0 Å². The topological polar surface area (TPSA) is 36.7 Å². The van der Waals surface area contributed by atoms with E-state index < -0.39 is 34.4 Å². The van der Waals surface area contributed by atoms with Crippen LogP contribution in [0.5, 0.6) is 0 Å². The minimum Gasteiger partial charge on any atom is -0.257 e. The Bertz CT molecular complexity index is 792. The molecule has 0 unspecified atom stereocenters. The van der Waals surface area contributed by atoms with Gasteiger partial charge in [-0.15, -0.1) is 0 Å². The summed E-state index contributed by atoms with van der Waals surface area (Å²) < 4.78 is 76.1. The van der Waals surface area contributed by atoms with Crippen LogP contribution in [-0.4, -0.2) is 4.98 Å². The molecule has 24 heavy (non-hydrogen) atoms. The van der Waals surface area contributed by atoms with E-state index in [0.29, 0.717) is 12.3 Å². The largest absolute Gasteiger partial charge is 0.417 e. The molecule has 0 aliphatic carbocycles. The van der Waals surface area contributed by atoms with Crippen molar-refractivity contribution >= 4 is 11.6 Å². The van der Waals surface area contributed by atoms with Crippen LogP contribution in [-0.2, 0) is 12.4 Å². The van der Waals surface area contributed by atoms with Crippen LogP contribution in [0.2, 0.25) is 5.02 Å². The number of nitrogens with zero attached hydrogens (tertiary/aromatic N) is 2. The number of nitriles is 1. The maximum absolute atomic E-state index is 12.8. The molecule has 0 N–H and O–H groups in total. The maximum atomic E-state index is 12.8. The summed E-state index contributed by atoms with van der Waals surface area (Å²) in [6.07, 6.45) is -8.81. The van der Waals surface area contributed by atoms with Gasteiger partial charge in [-0.3, -0.25) is 4.98 Å². The standard InChI is InChI=1S/C15H7ClF6N2/c16-12-5-10(15(20,21)22)7-24-13(12)11(6-23)8-2-1-3-9(4-8)14(17,18)19/h1-5,7,11H/t11-/m0/s1. The van der Waals surface area contributed by atoms with Gasteiger partial charge in [0.15, 0.2) is 0 Å². The highest BCUT2D eigenvalue weighted by atomic mass is 35.5. The molecule has 0 aliphatic heterocycles. The van der Waals surface area contributed by atoms with Gasteiger partial charge in [0.2, 0.25) is 0 Å². The van der Waals surface area contributed by atoms with E-state index in [0.717, 1.165) is 18.2 Å². The van der Waals surface area contributed by atoms with E-state index in [1.54, 1.807) is 6.07 Å². The van der Waals surface area contributed by atoms with Gasteiger partial charge in [-0.1, -0.05) is 29.8 Å². The van der Waals surface area contributed by atoms with Gasteiger partial charge in [0.05, 0.1) is 27.9 Å². The molecular weight excluding hydrogens is 358 g/mol. The summed E-state index contributed by atoms with van der Waals surface area (Å²) in [5.74, 6) is -1.33. The van der Waals surface area contributed by atoms with Crippen LogP contribution in [0.25, 0.3) is 0 Å². The van der Waals surface area contributed by atoms with Crippen molar-refractivity contribution in [1.82, 2.24) is 4.98 Å². The number of alkyl halides is 6. The lowest BCUT2D eigenvalue weighted by atomic mass is 9.94. The lowest BCUT2D eigenvalue weighted by Crippen LogP contribution is -2.10. The third-order valence-corrected chi connectivity index (χ3v) is 3.45. The smallest absolute Gasteiger partial charge is 0.257 e. The molecule has 2 nitrogen and oxygen atoms in total. The van der Waals surface area contributed by atoms with Gasteiger partial charge in [0, 0.05) is 6.20 Å². The second-order valence-electron chi connectivity index (χ2n) is 4.77. The lowest BCUT2D eigenvalue weighted by molar-refractivity contribution is -0.138. The summed E-state index contributed by atoms with van der Waals surface area (Å²) in [4.78, 5) is 3.53. The van der Waals surface area contributed by atoms with Crippen molar-refractivity contribution < 1.29 is 26.3 Å². The van der Waals surface area contributed by atoms with Gasteiger partial charge in [-0.05, 0) is 17.7 Å². The first-order valence-electron chi connectivity index (χ1n) is 6.33. The molecule has 0 saturated carbocycles. The summed E-state index contributed by atoms with van der Waals surface area (Å²) >= 11 is 5.75. The van der Waals surface area contributed by atoms with E-state index in [9.17, 15) is 31.6 Å². The second kappa shape index (κ2) is 6.32. The van der Waals surface area contributed by atoms with Crippen LogP contribution < -0.4 is 0 Å². The first-order valence-corrected chi connectivity index (χ1v) is 6.71. The molecule has 0 spiro atoms. The Morgan fingerprint density at radius 1 is 1.00 bits per heavy atom. The van der Waals surface area contributed by atoms with Crippen molar-refractivity contribution in [3.63, 3.8) is 0 Å². The summed E-state index contributed by atoms with van der Waals surface area (Å²) in [6, 6.07) is 6.21. The average molecular weight is 365 g/mol. The molecular formula is C15H7ClF6N2. The molecule has 1 heterocycles. The van der Waals surface area contributed by atoms with Crippen molar-refractivity contribution in [2.75, 3.05) is 0 Å². The number of halogens is 7. The van der Waals surface area contributed by atoms with Crippen LogP contribution in [0.3, 0.4) is 0 Å². The van der Waals surface area contributed by atoms with Crippen molar-refractivity contribution in [1.29, 1.82) is 5.26 Å². The number of hydrogen-bond acceptors (Lipinski definition) is 2. The molecule has 1 aromatic heterocycles. The highest BCUT2D eigenvalue weighted by Gasteiger charge is 2.33. The Balaban J connectivity index is 2.49. The number of rotatable bonds is 2. The summed E-state index contributed by atoms with van der Waals surface area (Å²) in [6.45, 7) is 0. The second-order valence-corrected chi connectivity index (χ2v) is 5.18. The van der Waals surface area contributed by atoms with Gasteiger partial charge in [-0.25, -0.2) is 0 Å². The maximum Gasteiger partial charge on any atom is 0.417 e. The molecule has 0 saturated heterocycles. The zero-order chi connectivity index (χ0) is 18.1. The van der Waals surface area contributed by atoms with E-state index in [1.165, 1.54) is 6.07 Å². The van der Waals surface area contributed by atoms with Gasteiger partial charge in [0.1, 0.15) is 5.92 Å². The minimum atomic E-state index is -4.67. The van der Waals surface area contributed by atoms with Gasteiger partial charge >= 0.3 is 12.4 Å². The van der Waals surface area contributed by atoms with Gasteiger partial charge in [-0.2, -0.15) is 31.6 Å². The number of aromatic nitrogens is 1. The lowest BCUT2D eigenvalue weighted by Gasteiger charge is -2.15. The monoisotopic (exact) mass is 364 g/mol. The molecule has 126 valence electrons. The molecule has 0 bridgehead atoms. The Labute approximate surface area is 137 Å². The highest BCUT2D eigenvalue weighted by molar-refractivity contribution is 6.31. The predicted molar refractivity (Wildman–Crippen MR) is 73.1 cm³/mol. The third kappa shape index (κ3) is 3.79. The Morgan fingerprint density at radius 2 is 1.62 bits per heavy atom. The van der Waals surface area contributed by atoms with E-state index in [4.69, 9.17) is 11.6 Å². The van der Waals surface area contributed by atoms with E-state index in [-0.39, 0.29) is 11.3 Å². The fraction of sp³-hybridized carbons (Fsp3) is 0.200. The molecule has 1 atom stereocenters. The van der Waals surface area contributed by atoms with Gasteiger partial charge in [0.25, 0.3) is 0 Å². The average Bonchev–Trinajstić information content (AvgIpc) is 2.48. The molecule has 0 radical (unpaired) electrons. The first-order chi connectivity index (χ1) is 11.0. The Hall–Kier alpha value is -2.27. The quantitative estimate of drug-likeness (QED) is 0.666. The van der Waals surface area contributed by atoms with E-state index in [1.807, 2.05) is 0 Å². The summed E-state index contributed by atoms with van der Waals surface area (Å²) in [5, 5.41) is 8.78. The molecule has 2 rings (SSSR count). The molecule has 0 amide bonds. The first kappa shape index (κ1) is 18.1. The molecule has 0 fully saturated rings. The predicted octanol–water partition coefficient (Wildman–Crippen LogP) is 5.43. The SMILES string of the molecule is N#C[C@@H](c1cccc(C(F)(F)F)c1)c1ncc(C(F)(F)F)cc1Cl. The number of hydrogen-bond donors (Lipinski definition) is 0. The number of pyridine rings is 1. The van der Waals surface area contributed by atoms with Crippen LogP contribution in [0.15, 0.2) is 36.5 Å². The highest BCUT2D eigenvalue weighted by Crippen LogP contribution is 2.36. The Kier molecular flexibility index (Phi) is 4.76. The summed E-state index contributed by atoms with van der Waals surface area (Å²) in [5.41, 5.74) is -2.41. The van der Waals surface area contributed by atoms with Crippen LogP contribution >= 0.6 is 11.6 Å².